The molecule has 0 heterocycles. The summed E-state index contributed by atoms with van der Waals surface area (Å²) < 4.78 is 0. The molecule has 94 valence electrons. The van der Waals surface area contributed by atoms with E-state index in [1.807, 2.05) is 32.9 Å². The third kappa shape index (κ3) is 5.38. The third-order valence-corrected chi connectivity index (χ3v) is 2.33. The summed E-state index contributed by atoms with van der Waals surface area (Å²) >= 11 is 0. The quantitative estimate of drug-likeness (QED) is 0.840. The molecule has 0 atom stereocenters. The number of amides is 1. The number of benzene rings is 1. The van der Waals surface area contributed by atoms with Crippen LogP contribution in [-0.4, -0.2) is 18.0 Å². The fraction of sp³-hybridized carbons (Fsp3) is 0.500. The number of anilines is 1. The first kappa shape index (κ1) is 13.6. The zero-order chi connectivity index (χ0) is 12.9. The maximum Gasteiger partial charge on any atom is 0.239 e. The summed E-state index contributed by atoms with van der Waals surface area (Å²) in [6.07, 6.45) is 1.03. The summed E-state index contributed by atoms with van der Waals surface area (Å²) in [7, 11) is 0. The van der Waals surface area contributed by atoms with E-state index in [4.69, 9.17) is 0 Å². The van der Waals surface area contributed by atoms with E-state index in [1.165, 1.54) is 5.56 Å². The van der Waals surface area contributed by atoms with E-state index in [0.29, 0.717) is 6.54 Å². The molecule has 2 N–H and O–H groups in total. The van der Waals surface area contributed by atoms with Gasteiger partial charge in [-0.2, -0.15) is 0 Å². The Balaban J connectivity index is 2.42. The highest BCUT2D eigenvalue weighted by atomic mass is 16.2. The molecule has 0 spiro atoms. The zero-order valence-electron chi connectivity index (χ0n) is 11.1. The van der Waals surface area contributed by atoms with Crippen molar-refractivity contribution >= 4 is 11.6 Å². The fourth-order valence-electron chi connectivity index (χ4n) is 1.50. The van der Waals surface area contributed by atoms with Crippen molar-refractivity contribution in [3.8, 4) is 0 Å². The van der Waals surface area contributed by atoms with Crippen molar-refractivity contribution in [2.24, 2.45) is 0 Å². The Hall–Kier alpha value is -1.51. The minimum Gasteiger partial charge on any atom is -0.376 e. The van der Waals surface area contributed by atoms with Crippen molar-refractivity contribution in [3.63, 3.8) is 0 Å². The maximum atomic E-state index is 11.6. The minimum absolute atomic E-state index is 0.0112. The highest BCUT2D eigenvalue weighted by Gasteiger charge is 2.12. The summed E-state index contributed by atoms with van der Waals surface area (Å²) in [4.78, 5) is 11.6. The van der Waals surface area contributed by atoms with Crippen LogP contribution in [0, 0.1) is 0 Å². The molecule has 0 unspecified atom stereocenters. The molecule has 3 nitrogen and oxygen atoms in total. The SMILES string of the molecule is CCc1ccc(NCC(=O)NC(C)(C)C)cc1. The molecule has 0 bridgehead atoms. The molecule has 0 aliphatic heterocycles. The van der Waals surface area contributed by atoms with Gasteiger partial charge in [-0.15, -0.1) is 0 Å². The summed E-state index contributed by atoms with van der Waals surface area (Å²) in [5.41, 5.74) is 2.10. The number of hydrogen-bond acceptors (Lipinski definition) is 2. The van der Waals surface area contributed by atoms with Crippen LogP contribution in [0.15, 0.2) is 24.3 Å². The van der Waals surface area contributed by atoms with Crippen molar-refractivity contribution in [1.29, 1.82) is 0 Å². The van der Waals surface area contributed by atoms with E-state index in [9.17, 15) is 4.79 Å². The molecule has 0 radical (unpaired) electrons. The van der Waals surface area contributed by atoms with Crippen molar-refractivity contribution in [2.45, 2.75) is 39.7 Å². The van der Waals surface area contributed by atoms with Crippen molar-refractivity contribution < 1.29 is 4.79 Å². The largest absolute Gasteiger partial charge is 0.376 e. The van der Waals surface area contributed by atoms with E-state index in [1.54, 1.807) is 0 Å². The molecule has 0 saturated carbocycles. The van der Waals surface area contributed by atoms with Gasteiger partial charge in [0, 0.05) is 11.2 Å². The minimum atomic E-state index is -0.176. The normalized spacial score (nSPS) is 11.1. The number of hydrogen-bond donors (Lipinski definition) is 2. The van der Waals surface area contributed by atoms with Crippen molar-refractivity contribution in [3.05, 3.63) is 29.8 Å². The van der Waals surface area contributed by atoms with Crippen LogP contribution < -0.4 is 10.6 Å². The number of carbonyl (C=O) groups is 1. The average Bonchev–Trinajstić information content (AvgIpc) is 2.25. The molecule has 0 fully saturated rings. The lowest BCUT2D eigenvalue weighted by molar-refractivity contribution is -0.120. The van der Waals surface area contributed by atoms with Gasteiger partial charge in [-0.1, -0.05) is 19.1 Å². The molecule has 1 rings (SSSR count). The molecule has 0 aliphatic rings. The van der Waals surface area contributed by atoms with Gasteiger partial charge in [0.05, 0.1) is 6.54 Å². The number of rotatable bonds is 4. The second-order valence-electron chi connectivity index (χ2n) is 5.20. The first-order valence-electron chi connectivity index (χ1n) is 6.04. The lowest BCUT2D eigenvalue weighted by atomic mass is 10.1. The first-order valence-corrected chi connectivity index (χ1v) is 6.04. The monoisotopic (exact) mass is 234 g/mol. The Kier molecular flexibility index (Phi) is 4.55. The number of carbonyl (C=O) groups excluding carboxylic acids is 1. The molecular weight excluding hydrogens is 212 g/mol. The van der Waals surface area contributed by atoms with Crippen LogP contribution in [0.25, 0.3) is 0 Å². The summed E-state index contributed by atoms with van der Waals surface area (Å²) in [5.74, 6) is 0.0112. The van der Waals surface area contributed by atoms with Crippen LogP contribution in [0.1, 0.15) is 33.3 Å². The molecule has 0 saturated heterocycles. The van der Waals surface area contributed by atoms with Gasteiger partial charge in [-0.25, -0.2) is 0 Å². The Morgan fingerprint density at radius 1 is 1.18 bits per heavy atom. The van der Waals surface area contributed by atoms with Gasteiger partial charge < -0.3 is 10.6 Å². The van der Waals surface area contributed by atoms with Gasteiger partial charge in [0.15, 0.2) is 0 Å². The van der Waals surface area contributed by atoms with Gasteiger partial charge in [0.1, 0.15) is 0 Å². The lowest BCUT2D eigenvalue weighted by Crippen LogP contribution is -2.43. The molecule has 1 aromatic rings. The lowest BCUT2D eigenvalue weighted by Gasteiger charge is -2.20. The van der Waals surface area contributed by atoms with E-state index >= 15 is 0 Å². The van der Waals surface area contributed by atoms with Crippen LogP contribution in [0.3, 0.4) is 0 Å². The van der Waals surface area contributed by atoms with Crippen LogP contribution in [0.4, 0.5) is 5.69 Å². The fourth-order valence-corrected chi connectivity index (χ4v) is 1.50. The standard InChI is InChI=1S/C14H22N2O/c1-5-11-6-8-12(9-7-11)15-10-13(17)16-14(2,3)4/h6-9,15H,5,10H2,1-4H3,(H,16,17). The summed E-state index contributed by atoms with van der Waals surface area (Å²) in [5, 5.41) is 6.02. The van der Waals surface area contributed by atoms with Crippen LogP contribution >= 0.6 is 0 Å². The molecular formula is C14H22N2O. The summed E-state index contributed by atoms with van der Waals surface area (Å²) in [6, 6.07) is 8.15. The van der Waals surface area contributed by atoms with E-state index in [0.717, 1.165) is 12.1 Å². The van der Waals surface area contributed by atoms with Gasteiger partial charge in [-0.05, 0) is 44.9 Å². The van der Waals surface area contributed by atoms with E-state index in [2.05, 4.69) is 29.7 Å². The smallest absolute Gasteiger partial charge is 0.239 e. The molecule has 17 heavy (non-hydrogen) atoms. The van der Waals surface area contributed by atoms with E-state index < -0.39 is 0 Å². The Bertz CT molecular complexity index is 363. The number of aryl methyl sites for hydroxylation is 1. The van der Waals surface area contributed by atoms with Gasteiger partial charge in [0.2, 0.25) is 5.91 Å². The highest BCUT2D eigenvalue weighted by Crippen LogP contribution is 2.09. The molecule has 1 amide bonds. The topological polar surface area (TPSA) is 41.1 Å². The zero-order valence-corrected chi connectivity index (χ0v) is 11.1. The summed E-state index contributed by atoms with van der Waals surface area (Å²) in [6.45, 7) is 8.35. The maximum absolute atomic E-state index is 11.6. The van der Waals surface area contributed by atoms with Crippen LogP contribution in [0.5, 0.6) is 0 Å². The first-order chi connectivity index (χ1) is 7.90. The average molecular weight is 234 g/mol. The third-order valence-electron chi connectivity index (χ3n) is 2.33. The Morgan fingerprint density at radius 2 is 1.76 bits per heavy atom. The Morgan fingerprint density at radius 3 is 2.24 bits per heavy atom. The molecule has 0 aromatic heterocycles. The van der Waals surface area contributed by atoms with Gasteiger partial charge in [-0.3, -0.25) is 4.79 Å². The van der Waals surface area contributed by atoms with Crippen molar-refractivity contribution in [2.75, 3.05) is 11.9 Å². The predicted octanol–water partition coefficient (Wildman–Crippen LogP) is 2.58. The Labute approximate surface area is 104 Å². The van der Waals surface area contributed by atoms with Gasteiger partial charge >= 0.3 is 0 Å². The highest BCUT2D eigenvalue weighted by molar-refractivity contribution is 5.81. The second-order valence-corrected chi connectivity index (χ2v) is 5.20. The molecule has 0 aliphatic carbocycles. The number of nitrogens with one attached hydrogen (secondary N) is 2. The van der Waals surface area contributed by atoms with E-state index in [-0.39, 0.29) is 11.4 Å². The molecule has 3 heteroatoms. The van der Waals surface area contributed by atoms with Crippen molar-refractivity contribution in [1.82, 2.24) is 5.32 Å². The van der Waals surface area contributed by atoms with Crippen LogP contribution in [-0.2, 0) is 11.2 Å². The van der Waals surface area contributed by atoms with Crippen LogP contribution in [0.2, 0.25) is 0 Å². The molecule has 1 aromatic carbocycles. The second kappa shape index (κ2) is 5.71. The predicted molar refractivity (Wildman–Crippen MR) is 72.2 cm³/mol. The van der Waals surface area contributed by atoms with Gasteiger partial charge in [0.25, 0.3) is 0 Å².